The van der Waals surface area contributed by atoms with Crippen molar-refractivity contribution in [3.8, 4) is 11.4 Å². The molecule has 0 aliphatic carbocycles. The Kier molecular flexibility index (Phi) is 4.76. The Balaban J connectivity index is 1.48. The Bertz CT molecular complexity index is 827. The second-order valence-corrected chi connectivity index (χ2v) is 5.51. The van der Waals surface area contributed by atoms with Gasteiger partial charge < -0.3 is 15.2 Å². The highest BCUT2D eigenvalue weighted by Gasteiger charge is 2.11. The zero-order valence-electron chi connectivity index (χ0n) is 12.9. The van der Waals surface area contributed by atoms with Gasteiger partial charge in [-0.25, -0.2) is 4.79 Å². The summed E-state index contributed by atoms with van der Waals surface area (Å²) in [5.74, 6) is 0.747. The third-order valence-electron chi connectivity index (χ3n) is 3.20. The third kappa shape index (κ3) is 4.11. The number of urea groups is 1. The van der Waals surface area contributed by atoms with Gasteiger partial charge in [0.05, 0.1) is 18.3 Å². The van der Waals surface area contributed by atoms with Crippen molar-refractivity contribution < 1.29 is 9.32 Å². The van der Waals surface area contributed by atoms with Crippen LogP contribution in [0.25, 0.3) is 11.4 Å². The number of carbonyl (C=O) groups excluding carboxylic acids is 1. The van der Waals surface area contributed by atoms with Crippen LogP contribution in [0.1, 0.15) is 11.5 Å². The SMILES string of the molecule is Cn1cc(-c2noc(CNC(=O)NCc3ccc(Cl)cc3)n2)cn1. The van der Waals surface area contributed by atoms with Crippen LogP contribution in [-0.4, -0.2) is 26.0 Å². The van der Waals surface area contributed by atoms with Crippen LogP contribution in [-0.2, 0) is 20.1 Å². The van der Waals surface area contributed by atoms with Crippen molar-refractivity contribution in [2.75, 3.05) is 0 Å². The standard InChI is InChI=1S/C15H15ClN6O2/c1-22-9-11(7-19-22)14-20-13(24-21-14)8-18-15(23)17-6-10-2-4-12(16)5-3-10/h2-5,7,9H,6,8H2,1H3,(H2,17,18,23). The lowest BCUT2D eigenvalue weighted by molar-refractivity contribution is 0.238. The van der Waals surface area contributed by atoms with E-state index in [9.17, 15) is 4.79 Å². The van der Waals surface area contributed by atoms with Gasteiger partial charge in [0.2, 0.25) is 11.7 Å². The number of hydrogen-bond donors (Lipinski definition) is 2. The maximum atomic E-state index is 11.8. The van der Waals surface area contributed by atoms with E-state index in [1.807, 2.05) is 12.1 Å². The molecule has 2 heterocycles. The second-order valence-electron chi connectivity index (χ2n) is 5.08. The van der Waals surface area contributed by atoms with Crippen LogP contribution in [0.15, 0.2) is 41.2 Å². The molecule has 0 fully saturated rings. The molecule has 3 aromatic rings. The summed E-state index contributed by atoms with van der Waals surface area (Å²) in [4.78, 5) is 16.0. The van der Waals surface area contributed by atoms with Gasteiger partial charge in [0.15, 0.2) is 0 Å². The van der Waals surface area contributed by atoms with E-state index in [0.29, 0.717) is 23.3 Å². The van der Waals surface area contributed by atoms with Gasteiger partial charge in [-0.3, -0.25) is 4.68 Å². The second kappa shape index (κ2) is 7.14. The molecular weight excluding hydrogens is 332 g/mol. The normalized spacial score (nSPS) is 10.6. The zero-order chi connectivity index (χ0) is 16.9. The molecule has 0 bridgehead atoms. The van der Waals surface area contributed by atoms with Gasteiger partial charge in [0.1, 0.15) is 0 Å². The number of nitrogens with one attached hydrogen (secondary N) is 2. The first-order valence-electron chi connectivity index (χ1n) is 7.18. The van der Waals surface area contributed by atoms with E-state index in [0.717, 1.165) is 11.1 Å². The number of aryl methyl sites for hydroxylation is 1. The van der Waals surface area contributed by atoms with Crippen LogP contribution in [0.5, 0.6) is 0 Å². The average molecular weight is 347 g/mol. The molecule has 9 heteroatoms. The molecule has 0 spiro atoms. The lowest BCUT2D eigenvalue weighted by Crippen LogP contribution is -2.34. The number of hydrogen-bond acceptors (Lipinski definition) is 5. The molecule has 0 aliphatic rings. The summed E-state index contributed by atoms with van der Waals surface area (Å²) >= 11 is 5.81. The van der Waals surface area contributed by atoms with Crippen LogP contribution in [0.3, 0.4) is 0 Å². The summed E-state index contributed by atoms with van der Waals surface area (Å²) in [5.41, 5.74) is 1.70. The highest BCUT2D eigenvalue weighted by atomic mass is 35.5. The lowest BCUT2D eigenvalue weighted by atomic mass is 10.2. The fourth-order valence-electron chi connectivity index (χ4n) is 1.98. The van der Waals surface area contributed by atoms with E-state index in [4.69, 9.17) is 16.1 Å². The molecule has 0 radical (unpaired) electrons. The lowest BCUT2D eigenvalue weighted by Gasteiger charge is -2.06. The number of benzene rings is 1. The first kappa shape index (κ1) is 16.0. The van der Waals surface area contributed by atoms with Gasteiger partial charge in [-0.15, -0.1) is 0 Å². The number of rotatable bonds is 5. The van der Waals surface area contributed by atoms with Gasteiger partial charge in [0.25, 0.3) is 0 Å². The Morgan fingerprint density at radius 3 is 2.71 bits per heavy atom. The average Bonchev–Trinajstić information content (AvgIpc) is 3.21. The summed E-state index contributed by atoms with van der Waals surface area (Å²) in [6.07, 6.45) is 3.42. The van der Waals surface area contributed by atoms with Gasteiger partial charge in [0, 0.05) is 24.8 Å². The zero-order valence-corrected chi connectivity index (χ0v) is 13.6. The number of aromatic nitrogens is 4. The van der Waals surface area contributed by atoms with Crippen molar-refractivity contribution in [3.05, 3.63) is 53.1 Å². The fraction of sp³-hybridized carbons (Fsp3) is 0.200. The minimum atomic E-state index is -0.328. The molecule has 24 heavy (non-hydrogen) atoms. The molecule has 2 amide bonds. The van der Waals surface area contributed by atoms with Gasteiger partial charge >= 0.3 is 6.03 Å². The molecule has 8 nitrogen and oxygen atoms in total. The van der Waals surface area contributed by atoms with Crippen LogP contribution < -0.4 is 10.6 Å². The van der Waals surface area contributed by atoms with E-state index in [2.05, 4.69) is 25.9 Å². The van der Waals surface area contributed by atoms with E-state index < -0.39 is 0 Å². The molecule has 0 atom stereocenters. The molecule has 1 aromatic carbocycles. The van der Waals surface area contributed by atoms with Crippen LogP contribution in [0.4, 0.5) is 4.79 Å². The van der Waals surface area contributed by atoms with Crippen molar-refractivity contribution in [2.45, 2.75) is 13.1 Å². The topological polar surface area (TPSA) is 97.9 Å². The highest BCUT2D eigenvalue weighted by molar-refractivity contribution is 6.30. The van der Waals surface area contributed by atoms with E-state index in [1.54, 1.807) is 36.3 Å². The summed E-state index contributed by atoms with van der Waals surface area (Å²) in [6.45, 7) is 0.535. The summed E-state index contributed by atoms with van der Waals surface area (Å²) in [6, 6.07) is 6.91. The van der Waals surface area contributed by atoms with Crippen molar-refractivity contribution in [1.82, 2.24) is 30.6 Å². The van der Waals surface area contributed by atoms with E-state index >= 15 is 0 Å². The number of nitrogens with zero attached hydrogens (tertiary/aromatic N) is 4. The number of amides is 2. The molecule has 2 N–H and O–H groups in total. The molecule has 3 rings (SSSR count). The van der Waals surface area contributed by atoms with Crippen molar-refractivity contribution in [2.24, 2.45) is 7.05 Å². The Labute approximate surface area is 142 Å². The Hall–Kier alpha value is -2.87. The molecule has 2 aromatic heterocycles. The first-order chi connectivity index (χ1) is 11.6. The smallest absolute Gasteiger partial charge is 0.315 e. The minimum Gasteiger partial charge on any atom is -0.337 e. The largest absolute Gasteiger partial charge is 0.337 e. The summed E-state index contributed by atoms with van der Waals surface area (Å²) in [7, 11) is 1.80. The molecule has 0 aliphatic heterocycles. The van der Waals surface area contributed by atoms with Crippen molar-refractivity contribution in [3.63, 3.8) is 0 Å². The highest BCUT2D eigenvalue weighted by Crippen LogP contribution is 2.13. The van der Waals surface area contributed by atoms with Gasteiger partial charge in [-0.2, -0.15) is 10.1 Å². The fourth-order valence-corrected chi connectivity index (χ4v) is 2.11. The Morgan fingerprint density at radius 1 is 1.25 bits per heavy atom. The number of halogens is 1. The maximum absolute atomic E-state index is 11.8. The first-order valence-corrected chi connectivity index (χ1v) is 7.56. The maximum Gasteiger partial charge on any atom is 0.315 e. The predicted molar refractivity (Wildman–Crippen MR) is 87.0 cm³/mol. The van der Waals surface area contributed by atoms with Gasteiger partial charge in [-0.05, 0) is 17.7 Å². The van der Waals surface area contributed by atoms with Crippen LogP contribution in [0, 0.1) is 0 Å². The number of carbonyl (C=O) groups is 1. The van der Waals surface area contributed by atoms with E-state index in [-0.39, 0.29) is 12.6 Å². The third-order valence-corrected chi connectivity index (χ3v) is 3.45. The van der Waals surface area contributed by atoms with Crippen molar-refractivity contribution >= 4 is 17.6 Å². The quantitative estimate of drug-likeness (QED) is 0.737. The minimum absolute atomic E-state index is 0.139. The summed E-state index contributed by atoms with van der Waals surface area (Å²) in [5, 5.41) is 13.9. The van der Waals surface area contributed by atoms with Crippen LogP contribution >= 0.6 is 11.6 Å². The van der Waals surface area contributed by atoms with Gasteiger partial charge in [-0.1, -0.05) is 28.9 Å². The Morgan fingerprint density at radius 2 is 2.00 bits per heavy atom. The molecule has 124 valence electrons. The monoisotopic (exact) mass is 346 g/mol. The molecule has 0 unspecified atom stereocenters. The van der Waals surface area contributed by atoms with Crippen molar-refractivity contribution in [1.29, 1.82) is 0 Å². The van der Waals surface area contributed by atoms with Crippen LogP contribution in [0.2, 0.25) is 5.02 Å². The summed E-state index contributed by atoms with van der Waals surface area (Å²) < 4.78 is 6.75. The van der Waals surface area contributed by atoms with E-state index in [1.165, 1.54) is 0 Å². The predicted octanol–water partition coefficient (Wildman–Crippen LogP) is 2.12. The molecule has 0 saturated heterocycles. The molecule has 0 saturated carbocycles. The molecular formula is C15H15ClN6O2.